The van der Waals surface area contributed by atoms with Gasteiger partial charge in [-0.25, -0.2) is 9.97 Å². The number of hydrogen-bond acceptors (Lipinski definition) is 7. The van der Waals surface area contributed by atoms with Gasteiger partial charge in [0.2, 0.25) is 0 Å². The minimum atomic E-state index is 0.217. The highest BCUT2D eigenvalue weighted by Gasteiger charge is 2.24. The summed E-state index contributed by atoms with van der Waals surface area (Å²) in [6.45, 7) is 1.65. The number of rotatable bonds is 4. The molecule has 4 N–H and O–H groups in total. The maximum atomic E-state index is 5.95. The lowest BCUT2D eigenvalue weighted by Gasteiger charge is -2.37. The van der Waals surface area contributed by atoms with E-state index in [1.807, 2.05) is 48.5 Å². The van der Waals surface area contributed by atoms with Crippen molar-refractivity contribution in [1.29, 1.82) is 0 Å². The van der Waals surface area contributed by atoms with Crippen LogP contribution in [0, 0.1) is 0 Å². The summed E-state index contributed by atoms with van der Waals surface area (Å²) in [4.78, 5) is 24.2. The summed E-state index contributed by atoms with van der Waals surface area (Å²) in [6.07, 6.45) is 5.35. The van der Waals surface area contributed by atoms with Gasteiger partial charge in [0, 0.05) is 54.2 Å². The predicted octanol–water partition coefficient (Wildman–Crippen LogP) is 3.77. The molecule has 0 radical (unpaired) electrons. The number of nitrogens with zero attached hydrogens (tertiary/aromatic N) is 6. The highest BCUT2D eigenvalue weighted by atomic mass is 15.3. The molecule has 0 saturated carbocycles. The summed E-state index contributed by atoms with van der Waals surface area (Å²) >= 11 is 0. The van der Waals surface area contributed by atoms with E-state index in [-0.39, 0.29) is 6.04 Å². The first kappa shape index (κ1) is 19.8. The van der Waals surface area contributed by atoms with Crippen molar-refractivity contribution in [3.8, 4) is 34.0 Å². The third-order valence-corrected chi connectivity index (χ3v) is 6.40. The van der Waals surface area contributed by atoms with Crippen LogP contribution in [-0.4, -0.2) is 54.2 Å². The Balaban J connectivity index is 1.31. The van der Waals surface area contributed by atoms with Crippen molar-refractivity contribution < 1.29 is 0 Å². The van der Waals surface area contributed by atoms with E-state index < -0.39 is 0 Å². The van der Waals surface area contributed by atoms with Crippen LogP contribution in [0.15, 0.2) is 73.2 Å². The van der Waals surface area contributed by atoms with E-state index >= 15 is 0 Å². The molecule has 7 heterocycles. The van der Waals surface area contributed by atoms with Crippen molar-refractivity contribution in [3.05, 3.63) is 73.2 Å². The molecule has 1 aliphatic rings. The first-order chi connectivity index (χ1) is 17.2. The fourth-order valence-corrected chi connectivity index (χ4v) is 4.59. The highest BCUT2D eigenvalue weighted by Crippen LogP contribution is 2.33. The van der Waals surface area contributed by atoms with Crippen molar-refractivity contribution in [2.24, 2.45) is 5.73 Å². The van der Waals surface area contributed by atoms with Gasteiger partial charge in [-0.1, -0.05) is 6.07 Å². The highest BCUT2D eigenvalue weighted by molar-refractivity contribution is 5.99. The lowest BCUT2D eigenvalue weighted by atomic mass is 10.1. The molecule has 0 unspecified atom stereocenters. The minimum absolute atomic E-state index is 0.217. The van der Waals surface area contributed by atoms with Gasteiger partial charge in [-0.15, -0.1) is 0 Å². The molecule has 0 aliphatic carbocycles. The Morgan fingerprint density at radius 3 is 2.57 bits per heavy atom. The molecule has 9 nitrogen and oxygen atoms in total. The monoisotopic (exact) mass is 459 g/mol. The van der Waals surface area contributed by atoms with Gasteiger partial charge < -0.3 is 15.6 Å². The third-order valence-electron chi connectivity index (χ3n) is 6.40. The summed E-state index contributed by atoms with van der Waals surface area (Å²) in [7, 11) is 0. The maximum Gasteiger partial charge on any atom is 0.135 e. The largest absolute Gasteiger partial charge is 0.353 e. The standard InChI is InChI=1S/C26H21N9/c27-16-13-35(14-16)23-3-1-2-19(31-23)20-4-5-21-25(32-20)26(34-33-21)22-12-17-18(30-22)8-11-29-24(17)15-6-9-28-10-7-15/h1-12,16,30H,13-14,27H2,(H,33,34). The molecule has 7 rings (SSSR count). The maximum absolute atomic E-state index is 5.95. The van der Waals surface area contributed by atoms with Crippen LogP contribution < -0.4 is 10.6 Å². The zero-order valence-corrected chi connectivity index (χ0v) is 18.7. The number of fused-ring (bicyclic) bond motifs is 2. The predicted molar refractivity (Wildman–Crippen MR) is 136 cm³/mol. The lowest BCUT2D eigenvalue weighted by Crippen LogP contribution is -2.56. The zero-order chi connectivity index (χ0) is 23.4. The van der Waals surface area contributed by atoms with Crippen LogP contribution in [0.4, 0.5) is 5.82 Å². The average molecular weight is 460 g/mol. The molecule has 1 aliphatic heterocycles. The molecule has 9 heteroatoms. The number of nitrogens with one attached hydrogen (secondary N) is 2. The normalized spacial score (nSPS) is 14.0. The minimum Gasteiger partial charge on any atom is -0.353 e. The fraction of sp³-hybridized carbons (Fsp3) is 0.115. The van der Waals surface area contributed by atoms with Crippen LogP contribution in [-0.2, 0) is 0 Å². The molecule has 0 atom stereocenters. The van der Waals surface area contributed by atoms with Gasteiger partial charge in [-0.05, 0) is 48.5 Å². The molecule has 0 amide bonds. The van der Waals surface area contributed by atoms with Crippen LogP contribution in [0.5, 0.6) is 0 Å². The Kier molecular flexibility index (Phi) is 4.36. The van der Waals surface area contributed by atoms with Crippen LogP contribution in [0.25, 0.3) is 56.0 Å². The molecule has 1 fully saturated rings. The van der Waals surface area contributed by atoms with E-state index in [0.717, 1.165) is 74.9 Å². The SMILES string of the molecule is NC1CN(c2cccc(-c3ccc4[nH]nc(-c5cc6c(-c7ccncc7)nccc6[nH]5)c4n3)n2)C1. The summed E-state index contributed by atoms with van der Waals surface area (Å²) in [5, 5.41) is 8.71. The van der Waals surface area contributed by atoms with Gasteiger partial charge >= 0.3 is 0 Å². The first-order valence-electron chi connectivity index (χ1n) is 11.4. The number of pyridine rings is 4. The molecule has 0 bridgehead atoms. The van der Waals surface area contributed by atoms with Crippen molar-refractivity contribution >= 4 is 27.8 Å². The smallest absolute Gasteiger partial charge is 0.135 e. The van der Waals surface area contributed by atoms with Crippen LogP contribution in [0.1, 0.15) is 0 Å². The van der Waals surface area contributed by atoms with Crippen molar-refractivity contribution in [1.82, 2.24) is 35.1 Å². The van der Waals surface area contributed by atoms with Crippen molar-refractivity contribution in [3.63, 3.8) is 0 Å². The van der Waals surface area contributed by atoms with Gasteiger partial charge in [0.25, 0.3) is 0 Å². The lowest BCUT2D eigenvalue weighted by molar-refractivity contribution is 0.515. The van der Waals surface area contributed by atoms with Crippen LogP contribution in [0.2, 0.25) is 0 Å². The number of anilines is 1. The first-order valence-corrected chi connectivity index (χ1v) is 11.4. The van der Waals surface area contributed by atoms with E-state index in [4.69, 9.17) is 15.7 Å². The molecule has 6 aromatic rings. The van der Waals surface area contributed by atoms with Crippen molar-refractivity contribution in [2.75, 3.05) is 18.0 Å². The third kappa shape index (κ3) is 3.32. The zero-order valence-electron chi connectivity index (χ0n) is 18.7. The molecular formula is C26H21N9. The number of aromatic nitrogens is 7. The molecule has 6 aromatic heterocycles. The molecule has 1 saturated heterocycles. The summed E-state index contributed by atoms with van der Waals surface area (Å²) in [5.41, 5.74) is 13.7. The van der Waals surface area contributed by atoms with E-state index in [9.17, 15) is 0 Å². The number of hydrogen-bond donors (Lipinski definition) is 3. The van der Waals surface area contributed by atoms with Gasteiger partial charge in [0.15, 0.2) is 0 Å². The van der Waals surface area contributed by atoms with E-state index in [0.29, 0.717) is 0 Å². The second-order valence-electron chi connectivity index (χ2n) is 8.75. The summed E-state index contributed by atoms with van der Waals surface area (Å²) in [5.74, 6) is 0.922. The topological polar surface area (TPSA) is 125 Å². The Labute approximate surface area is 200 Å². The van der Waals surface area contributed by atoms with Gasteiger partial charge in [0.1, 0.15) is 17.0 Å². The number of nitrogens with two attached hydrogens (primary N) is 1. The quantitative estimate of drug-likeness (QED) is 0.366. The number of H-pyrrole nitrogens is 2. The van der Waals surface area contributed by atoms with Crippen LogP contribution >= 0.6 is 0 Å². The molecule has 170 valence electrons. The average Bonchev–Trinajstić information content (AvgIpc) is 3.51. The molecule has 0 spiro atoms. The summed E-state index contributed by atoms with van der Waals surface area (Å²) in [6, 6.07) is 18.1. The van der Waals surface area contributed by atoms with E-state index in [2.05, 4.69) is 36.1 Å². The Morgan fingerprint density at radius 2 is 1.71 bits per heavy atom. The molecule has 35 heavy (non-hydrogen) atoms. The second-order valence-corrected chi connectivity index (χ2v) is 8.75. The second kappa shape index (κ2) is 7.71. The Hall–Kier alpha value is -4.63. The van der Waals surface area contributed by atoms with E-state index in [1.165, 1.54) is 0 Å². The van der Waals surface area contributed by atoms with E-state index in [1.54, 1.807) is 18.6 Å². The Morgan fingerprint density at radius 1 is 0.857 bits per heavy atom. The molecular weight excluding hydrogens is 438 g/mol. The summed E-state index contributed by atoms with van der Waals surface area (Å²) < 4.78 is 0. The van der Waals surface area contributed by atoms with Gasteiger partial charge in [-0.2, -0.15) is 5.10 Å². The van der Waals surface area contributed by atoms with Crippen LogP contribution in [0.3, 0.4) is 0 Å². The fourth-order valence-electron chi connectivity index (χ4n) is 4.59. The van der Waals surface area contributed by atoms with Crippen molar-refractivity contribution in [2.45, 2.75) is 6.04 Å². The molecule has 0 aromatic carbocycles. The number of aromatic amines is 2. The Bertz CT molecular complexity index is 1680. The van der Waals surface area contributed by atoms with Gasteiger partial charge in [0.05, 0.1) is 28.3 Å². The van der Waals surface area contributed by atoms with Gasteiger partial charge in [-0.3, -0.25) is 15.1 Å².